The third kappa shape index (κ3) is 7.47. The molecule has 0 aromatic heterocycles. The maximum absolute atomic E-state index is 11.7. The number of hydrogen-bond donors (Lipinski definition) is 2. The van der Waals surface area contributed by atoms with Crippen molar-refractivity contribution >= 4 is 23.3 Å². The first kappa shape index (κ1) is 17.8. The lowest BCUT2D eigenvalue weighted by atomic mass is 10.1. The SMILES string of the molecule is C=C(C)C(=O)OCCCCCCC(=O)Nc1ccc(N)cc1. The minimum Gasteiger partial charge on any atom is -0.462 e. The van der Waals surface area contributed by atoms with E-state index in [0.717, 1.165) is 31.4 Å². The highest BCUT2D eigenvalue weighted by Gasteiger charge is 2.03. The third-order valence-corrected chi connectivity index (χ3v) is 3.07. The van der Waals surface area contributed by atoms with Crippen molar-refractivity contribution in [2.24, 2.45) is 0 Å². The van der Waals surface area contributed by atoms with Gasteiger partial charge in [-0.25, -0.2) is 4.79 Å². The number of carbonyl (C=O) groups is 2. The summed E-state index contributed by atoms with van der Waals surface area (Å²) in [4.78, 5) is 22.9. The Morgan fingerprint density at radius 3 is 2.41 bits per heavy atom. The fraction of sp³-hybridized carbons (Fsp3) is 0.412. The molecule has 0 aliphatic rings. The first-order valence-corrected chi connectivity index (χ1v) is 7.47. The molecule has 3 N–H and O–H groups in total. The zero-order chi connectivity index (χ0) is 16.4. The molecule has 0 bridgehead atoms. The second-order valence-corrected chi connectivity index (χ2v) is 5.25. The van der Waals surface area contributed by atoms with Gasteiger partial charge in [0.1, 0.15) is 0 Å². The van der Waals surface area contributed by atoms with Crippen LogP contribution in [-0.4, -0.2) is 18.5 Å². The number of esters is 1. The molecule has 22 heavy (non-hydrogen) atoms. The molecular weight excluding hydrogens is 280 g/mol. The topological polar surface area (TPSA) is 81.4 Å². The first-order chi connectivity index (χ1) is 10.5. The highest BCUT2D eigenvalue weighted by molar-refractivity contribution is 5.90. The number of benzene rings is 1. The maximum atomic E-state index is 11.7. The normalized spacial score (nSPS) is 10.0. The van der Waals surface area contributed by atoms with Gasteiger partial charge < -0.3 is 15.8 Å². The van der Waals surface area contributed by atoms with Gasteiger partial charge in [0.15, 0.2) is 0 Å². The van der Waals surface area contributed by atoms with Crippen LogP contribution < -0.4 is 11.1 Å². The van der Waals surface area contributed by atoms with E-state index in [0.29, 0.717) is 24.3 Å². The van der Waals surface area contributed by atoms with Crippen molar-refractivity contribution in [2.45, 2.75) is 39.0 Å². The molecule has 0 atom stereocenters. The average molecular weight is 304 g/mol. The van der Waals surface area contributed by atoms with Gasteiger partial charge in [0, 0.05) is 23.4 Å². The Morgan fingerprint density at radius 2 is 1.77 bits per heavy atom. The molecule has 0 aliphatic heterocycles. The van der Waals surface area contributed by atoms with Crippen LogP contribution in [0.1, 0.15) is 39.0 Å². The van der Waals surface area contributed by atoms with Gasteiger partial charge in [0.2, 0.25) is 5.91 Å². The van der Waals surface area contributed by atoms with Crippen LogP contribution in [0.5, 0.6) is 0 Å². The van der Waals surface area contributed by atoms with Crippen molar-refractivity contribution in [3.63, 3.8) is 0 Å². The Labute approximate surface area is 131 Å². The van der Waals surface area contributed by atoms with Crippen LogP contribution in [0, 0.1) is 0 Å². The van der Waals surface area contributed by atoms with Gasteiger partial charge in [-0.3, -0.25) is 4.79 Å². The summed E-state index contributed by atoms with van der Waals surface area (Å²) in [6, 6.07) is 7.07. The van der Waals surface area contributed by atoms with E-state index < -0.39 is 0 Å². The summed E-state index contributed by atoms with van der Waals surface area (Å²) in [5.74, 6) is -0.346. The number of anilines is 2. The zero-order valence-corrected chi connectivity index (χ0v) is 13.1. The lowest BCUT2D eigenvalue weighted by Gasteiger charge is -2.06. The molecule has 0 aliphatic carbocycles. The van der Waals surface area contributed by atoms with E-state index in [1.54, 1.807) is 31.2 Å². The average Bonchev–Trinajstić information content (AvgIpc) is 2.48. The molecule has 0 spiro atoms. The van der Waals surface area contributed by atoms with Crippen LogP contribution in [0.2, 0.25) is 0 Å². The van der Waals surface area contributed by atoms with Crippen LogP contribution in [-0.2, 0) is 14.3 Å². The van der Waals surface area contributed by atoms with E-state index in [9.17, 15) is 9.59 Å². The number of hydrogen-bond acceptors (Lipinski definition) is 4. The molecule has 0 unspecified atom stereocenters. The van der Waals surface area contributed by atoms with Crippen molar-refractivity contribution in [2.75, 3.05) is 17.7 Å². The molecule has 0 saturated carbocycles. The molecule has 1 aromatic rings. The molecule has 0 saturated heterocycles. The van der Waals surface area contributed by atoms with Gasteiger partial charge in [-0.15, -0.1) is 0 Å². The van der Waals surface area contributed by atoms with Crippen LogP contribution in [0.15, 0.2) is 36.4 Å². The molecule has 0 heterocycles. The van der Waals surface area contributed by atoms with Crippen molar-refractivity contribution < 1.29 is 14.3 Å². The van der Waals surface area contributed by atoms with Crippen LogP contribution in [0.4, 0.5) is 11.4 Å². The number of nitrogens with one attached hydrogen (secondary N) is 1. The van der Waals surface area contributed by atoms with E-state index in [2.05, 4.69) is 11.9 Å². The Morgan fingerprint density at radius 1 is 1.14 bits per heavy atom. The molecule has 0 radical (unpaired) electrons. The number of ether oxygens (including phenoxy) is 1. The summed E-state index contributed by atoms with van der Waals surface area (Å²) in [5.41, 5.74) is 7.43. The van der Waals surface area contributed by atoms with Crippen LogP contribution in [0.3, 0.4) is 0 Å². The van der Waals surface area contributed by atoms with Gasteiger partial charge in [-0.05, 0) is 44.0 Å². The van der Waals surface area contributed by atoms with E-state index in [4.69, 9.17) is 10.5 Å². The largest absolute Gasteiger partial charge is 0.462 e. The number of unbranched alkanes of at least 4 members (excludes halogenated alkanes) is 3. The quantitative estimate of drug-likeness (QED) is 0.317. The van der Waals surface area contributed by atoms with Crippen molar-refractivity contribution in [3.05, 3.63) is 36.4 Å². The Bertz CT molecular complexity index is 509. The third-order valence-electron chi connectivity index (χ3n) is 3.07. The van der Waals surface area contributed by atoms with Gasteiger partial charge in [0.05, 0.1) is 6.61 Å². The number of amides is 1. The number of rotatable bonds is 9. The second-order valence-electron chi connectivity index (χ2n) is 5.25. The van der Waals surface area contributed by atoms with E-state index in [1.165, 1.54) is 0 Å². The van der Waals surface area contributed by atoms with Crippen molar-refractivity contribution in [3.8, 4) is 0 Å². The smallest absolute Gasteiger partial charge is 0.333 e. The number of nitrogens with two attached hydrogens (primary N) is 1. The van der Waals surface area contributed by atoms with Crippen molar-refractivity contribution in [1.82, 2.24) is 0 Å². The van der Waals surface area contributed by atoms with E-state index in [-0.39, 0.29) is 11.9 Å². The first-order valence-electron chi connectivity index (χ1n) is 7.47. The lowest BCUT2D eigenvalue weighted by Crippen LogP contribution is -2.11. The summed E-state index contributed by atoms with van der Waals surface area (Å²) < 4.78 is 4.99. The molecular formula is C17H24N2O3. The minimum atomic E-state index is -0.345. The van der Waals surface area contributed by atoms with Crippen molar-refractivity contribution in [1.29, 1.82) is 0 Å². The minimum absolute atomic E-state index is 0.00141. The van der Waals surface area contributed by atoms with E-state index in [1.807, 2.05) is 0 Å². The molecule has 0 fully saturated rings. The monoisotopic (exact) mass is 304 g/mol. The number of carbonyl (C=O) groups excluding carboxylic acids is 2. The predicted molar refractivity (Wildman–Crippen MR) is 88.3 cm³/mol. The molecule has 1 amide bonds. The number of nitrogen functional groups attached to an aromatic ring is 1. The summed E-state index contributed by atoms with van der Waals surface area (Å²) >= 11 is 0. The Hall–Kier alpha value is -2.30. The highest BCUT2D eigenvalue weighted by Crippen LogP contribution is 2.12. The molecule has 120 valence electrons. The second kappa shape index (κ2) is 9.60. The Balaban J connectivity index is 2.04. The maximum Gasteiger partial charge on any atom is 0.333 e. The van der Waals surface area contributed by atoms with Gasteiger partial charge in [-0.1, -0.05) is 19.4 Å². The highest BCUT2D eigenvalue weighted by atomic mass is 16.5. The van der Waals surface area contributed by atoms with Gasteiger partial charge >= 0.3 is 5.97 Å². The van der Waals surface area contributed by atoms with Gasteiger partial charge in [-0.2, -0.15) is 0 Å². The molecule has 5 heteroatoms. The summed E-state index contributed by atoms with van der Waals surface area (Å²) in [5, 5.41) is 2.83. The molecule has 1 aromatic carbocycles. The molecule has 1 rings (SSSR count). The van der Waals surface area contributed by atoms with Gasteiger partial charge in [0.25, 0.3) is 0 Å². The summed E-state index contributed by atoms with van der Waals surface area (Å²) in [6.07, 6.45) is 3.96. The lowest BCUT2D eigenvalue weighted by molar-refractivity contribution is -0.139. The zero-order valence-electron chi connectivity index (χ0n) is 13.1. The standard InChI is InChI=1S/C17H24N2O3/c1-13(2)17(21)22-12-6-4-3-5-7-16(20)19-15-10-8-14(18)9-11-15/h8-11H,1,3-7,12,18H2,2H3,(H,19,20). The fourth-order valence-corrected chi connectivity index (χ4v) is 1.82. The van der Waals surface area contributed by atoms with Crippen LogP contribution in [0.25, 0.3) is 0 Å². The fourth-order valence-electron chi connectivity index (χ4n) is 1.82. The molecule has 5 nitrogen and oxygen atoms in total. The Kier molecular flexibility index (Phi) is 7.75. The summed E-state index contributed by atoms with van der Waals surface area (Å²) in [7, 11) is 0. The van der Waals surface area contributed by atoms with Crippen LogP contribution >= 0.6 is 0 Å². The predicted octanol–water partition coefficient (Wildman–Crippen LogP) is 3.28. The van der Waals surface area contributed by atoms with E-state index >= 15 is 0 Å². The summed E-state index contributed by atoms with van der Waals surface area (Å²) in [6.45, 7) is 5.55.